The number of anilines is 1. The van der Waals surface area contributed by atoms with Crippen LogP contribution in [0.25, 0.3) is 11.0 Å². The van der Waals surface area contributed by atoms with Crippen LogP contribution in [0.3, 0.4) is 0 Å². The Hall–Kier alpha value is -2.38. The Kier molecular flexibility index (Phi) is 6.16. The number of furan rings is 1. The summed E-state index contributed by atoms with van der Waals surface area (Å²) in [5, 5.41) is 3.53. The summed E-state index contributed by atoms with van der Waals surface area (Å²) in [5.74, 6) is -0.269. The average molecular weight is 399 g/mol. The summed E-state index contributed by atoms with van der Waals surface area (Å²) in [7, 11) is 1.46. The number of fused-ring (bicyclic) bond motifs is 1. The highest BCUT2D eigenvalue weighted by molar-refractivity contribution is 6.11. The molecule has 0 bridgehead atoms. The van der Waals surface area contributed by atoms with Crippen molar-refractivity contribution in [1.29, 1.82) is 0 Å². The molecule has 1 aromatic heterocycles. The van der Waals surface area contributed by atoms with Gasteiger partial charge >= 0.3 is 0 Å². The number of hydrogen-bond acceptors (Lipinski definition) is 5. The normalized spacial score (nSPS) is 18.9. The molecule has 7 nitrogen and oxygen atoms in total. The second-order valence-corrected chi connectivity index (χ2v) is 7.90. The number of benzene rings is 1. The molecule has 4 rings (SSSR count). The lowest BCUT2D eigenvalue weighted by atomic mass is 9.99. The lowest BCUT2D eigenvalue weighted by molar-refractivity contribution is -0.119. The minimum Gasteiger partial charge on any atom is -0.449 e. The van der Waals surface area contributed by atoms with Gasteiger partial charge < -0.3 is 24.3 Å². The summed E-state index contributed by atoms with van der Waals surface area (Å²) >= 11 is 0. The Morgan fingerprint density at radius 1 is 1.10 bits per heavy atom. The maximum Gasteiger partial charge on any atom is 0.291 e. The number of para-hydroxylation sites is 1. The number of ether oxygens (including phenoxy) is 1. The highest BCUT2D eigenvalue weighted by Crippen LogP contribution is 2.32. The number of methoxy groups -OCH3 is 1. The van der Waals surface area contributed by atoms with Gasteiger partial charge in [-0.25, -0.2) is 0 Å². The zero-order chi connectivity index (χ0) is 20.2. The molecular weight excluding hydrogens is 370 g/mol. The fourth-order valence-corrected chi connectivity index (χ4v) is 4.49. The molecule has 1 aromatic carbocycles. The van der Waals surface area contributed by atoms with Crippen LogP contribution >= 0.6 is 0 Å². The fraction of sp³-hybridized carbons (Fsp3) is 0.545. The molecule has 29 heavy (non-hydrogen) atoms. The molecule has 156 valence electrons. The van der Waals surface area contributed by atoms with E-state index in [1.807, 2.05) is 23.1 Å². The Morgan fingerprint density at radius 3 is 2.55 bits per heavy atom. The summed E-state index contributed by atoms with van der Waals surface area (Å²) < 4.78 is 10.8. The van der Waals surface area contributed by atoms with Gasteiger partial charge in [0.15, 0.2) is 0 Å². The van der Waals surface area contributed by atoms with Crippen molar-refractivity contribution < 1.29 is 18.7 Å². The van der Waals surface area contributed by atoms with Gasteiger partial charge in [0.05, 0.1) is 0 Å². The lowest BCUT2D eigenvalue weighted by Gasteiger charge is -2.40. The quantitative estimate of drug-likeness (QED) is 0.836. The number of carbonyl (C=O) groups is 2. The topological polar surface area (TPSA) is 75.0 Å². The number of hydrogen-bond donors (Lipinski definition) is 1. The molecule has 3 heterocycles. The number of piperidine rings is 2. The van der Waals surface area contributed by atoms with E-state index in [-0.39, 0.29) is 24.2 Å². The van der Waals surface area contributed by atoms with Crippen molar-refractivity contribution in [3.05, 3.63) is 30.0 Å². The van der Waals surface area contributed by atoms with Crippen molar-refractivity contribution in [1.82, 2.24) is 9.80 Å². The Bertz CT molecular complexity index is 864. The van der Waals surface area contributed by atoms with E-state index >= 15 is 0 Å². The number of likely N-dealkylation sites (tertiary alicyclic amines) is 2. The van der Waals surface area contributed by atoms with Gasteiger partial charge in [-0.15, -0.1) is 0 Å². The number of nitrogens with zero attached hydrogens (tertiary/aromatic N) is 2. The summed E-state index contributed by atoms with van der Waals surface area (Å²) in [6.07, 6.45) is 5.86. The van der Waals surface area contributed by atoms with Crippen LogP contribution in [0, 0.1) is 0 Å². The van der Waals surface area contributed by atoms with Gasteiger partial charge in [-0.05, 0) is 50.9 Å². The average Bonchev–Trinajstić information content (AvgIpc) is 3.12. The van der Waals surface area contributed by atoms with Gasteiger partial charge in [0, 0.05) is 31.6 Å². The molecule has 2 fully saturated rings. The summed E-state index contributed by atoms with van der Waals surface area (Å²) in [6.45, 7) is 3.70. The summed E-state index contributed by atoms with van der Waals surface area (Å²) in [4.78, 5) is 29.8. The zero-order valence-corrected chi connectivity index (χ0v) is 17.0. The van der Waals surface area contributed by atoms with E-state index < -0.39 is 0 Å². The van der Waals surface area contributed by atoms with E-state index in [1.165, 1.54) is 39.5 Å². The van der Waals surface area contributed by atoms with E-state index in [9.17, 15) is 9.59 Å². The molecule has 7 heteroatoms. The van der Waals surface area contributed by atoms with E-state index in [0.717, 1.165) is 18.2 Å². The molecule has 2 aliphatic rings. The number of amides is 2. The third-order valence-electron chi connectivity index (χ3n) is 5.99. The van der Waals surface area contributed by atoms with Crippen molar-refractivity contribution in [2.24, 2.45) is 0 Å². The summed E-state index contributed by atoms with van der Waals surface area (Å²) in [6, 6.07) is 7.94. The predicted molar refractivity (Wildman–Crippen MR) is 111 cm³/mol. The Labute approximate surface area is 171 Å². The van der Waals surface area contributed by atoms with Crippen LogP contribution in [0.5, 0.6) is 0 Å². The van der Waals surface area contributed by atoms with Crippen LogP contribution in [-0.4, -0.2) is 67.6 Å². The lowest BCUT2D eigenvalue weighted by Crippen LogP contribution is -2.48. The standard InChI is InChI=1S/C22H29N3O4/c1-28-15-19(26)23-20-17-7-3-4-8-18(17)29-21(20)22(27)25-13-9-16(10-14-25)24-11-5-2-6-12-24/h3-4,7-8,16H,2,5-6,9-15H2,1H3,(H,23,26). The molecule has 2 amide bonds. The Balaban J connectivity index is 1.50. The van der Waals surface area contributed by atoms with E-state index in [1.54, 1.807) is 6.07 Å². The molecular formula is C22H29N3O4. The molecule has 2 aliphatic heterocycles. The molecule has 0 saturated carbocycles. The molecule has 0 unspecified atom stereocenters. The van der Waals surface area contributed by atoms with Crippen LogP contribution in [-0.2, 0) is 9.53 Å². The number of nitrogens with one attached hydrogen (secondary N) is 1. The van der Waals surface area contributed by atoms with Gasteiger partial charge in [0.1, 0.15) is 17.9 Å². The largest absolute Gasteiger partial charge is 0.449 e. The maximum absolute atomic E-state index is 13.2. The van der Waals surface area contributed by atoms with Crippen LogP contribution in [0.1, 0.15) is 42.7 Å². The minimum absolute atomic E-state index is 0.0750. The minimum atomic E-state index is -0.308. The molecule has 0 radical (unpaired) electrons. The molecule has 1 N–H and O–H groups in total. The first-order valence-corrected chi connectivity index (χ1v) is 10.5. The van der Waals surface area contributed by atoms with E-state index in [2.05, 4.69) is 10.2 Å². The smallest absolute Gasteiger partial charge is 0.291 e. The van der Waals surface area contributed by atoms with Gasteiger partial charge in [-0.2, -0.15) is 0 Å². The van der Waals surface area contributed by atoms with Crippen LogP contribution in [0.2, 0.25) is 0 Å². The summed E-state index contributed by atoms with van der Waals surface area (Å²) in [5.41, 5.74) is 1.03. The molecule has 2 saturated heterocycles. The monoisotopic (exact) mass is 399 g/mol. The van der Waals surface area contributed by atoms with Crippen LogP contribution in [0.15, 0.2) is 28.7 Å². The van der Waals surface area contributed by atoms with Crippen LogP contribution < -0.4 is 5.32 Å². The second-order valence-electron chi connectivity index (χ2n) is 7.90. The predicted octanol–water partition coefficient (Wildman–Crippen LogP) is 3.11. The highest BCUT2D eigenvalue weighted by Gasteiger charge is 2.31. The van der Waals surface area contributed by atoms with Gasteiger partial charge in [-0.1, -0.05) is 18.6 Å². The maximum atomic E-state index is 13.2. The third kappa shape index (κ3) is 4.31. The molecule has 0 aliphatic carbocycles. The second kappa shape index (κ2) is 8.97. The number of rotatable bonds is 5. The zero-order valence-electron chi connectivity index (χ0n) is 17.0. The first-order chi connectivity index (χ1) is 14.2. The van der Waals surface area contributed by atoms with Gasteiger partial charge in [0.25, 0.3) is 5.91 Å². The van der Waals surface area contributed by atoms with Crippen molar-refractivity contribution in [2.75, 3.05) is 45.2 Å². The third-order valence-corrected chi connectivity index (χ3v) is 5.99. The van der Waals surface area contributed by atoms with E-state index in [4.69, 9.17) is 9.15 Å². The Morgan fingerprint density at radius 2 is 1.83 bits per heavy atom. The van der Waals surface area contributed by atoms with Crippen LogP contribution in [0.4, 0.5) is 5.69 Å². The molecule has 0 spiro atoms. The first kappa shape index (κ1) is 19.9. The molecule has 0 atom stereocenters. The van der Waals surface area contributed by atoms with Crippen molar-refractivity contribution in [3.8, 4) is 0 Å². The van der Waals surface area contributed by atoms with E-state index in [0.29, 0.717) is 30.4 Å². The fourth-order valence-electron chi connectivity index (χ4n) is 4.49. The van der Waals surface area contributed by atoms with Crippen molar-refractivity contribution >= 4 is 28.5 Å². The SMILES string of the molecule is COCC(=O)Nc1c(C(=O)N2CCC(N3CCCCC3)CC2)oc2ccccc12. The highest BCUT2D eigenvalue weighted by atomic mass is 16.5. The number of carbonyl (C=O) groups excluding carboxylic acids is 2. The van der Waals surface area contributed by atoms with Gasteiger partial charge in [0.2, 0.25) is 11.7 Å². The first-order valence-electron chi connectivity index (χ1n) is 10.5. The van der Waals surface area contributed by atoms with Crippen molar-refractivity contribution in [3.63, 3.8) is 0 Å². The molecule has 2 aromatic rings. The van der Waals surface area contributed by atoms with Gasteiger partial charge in [-0.3, -0.25) is 9.59 Å². The van der Waals surface area contributed by atoms with Crippen molar-refractivity contribution in [2.45, 2.75) is 38.1 Å².